The monoisotopic (exact) mass is 890 g/mol. The van der Waals surface area contributed by atoms with Crippen LogP contribution in [0.15, 0.2) is 76.4 Å². The van der Waals surface area contributed by atoms with Gasteiger partial charge >= 0.3 is 17.9 Å². The first-order valence-electron chi connectivity index (χ1n) is 18.8. The number of amides is 2. The van der Waals surface area contributed by atoms with Crippen LogP contribution in [0.3, 0.4) is 0 Å². The van der Waals surface area contributed by atoms with Crippen molar-refractivity contribution in [2.75, 3.05) is 50.0 Å². The van der Waals surface area contributed by atoms with Gasteiger partial charge in [0.05, 0.1) is 19.3 Å². The molecule has 3 atom stereocenters. The van der Waals surface area contributed by atoms with Gasteiger partial charge in [0.25, 0.3) is 13.9 Å². The SMILES string of the molecule is CSSCO[C@H]1C[C@H](n2cc(C#CCNC(=O)OCCSSCCNC(=O)OC(C)(C)C)c(=O)[nH]c2=O)O[C@@H]1CO[Si](c1ccccc1)(c1ccccc1)C(C)(C)C. The molecule has 1 aromatic heterocycles. The lowest BCUT2D eigenvalue weighted by Crippen LogP contribution is -2.67. The molecule has 0 spiro atoms. The first-order chi connectivity index (χ1) is 27.6. The Hall–Kier alpha value is -3.28. The van der Waals surface area contributed by atoms with E-state index in [0.29, 0.717) is 30.4 Å². The predicted octanol–water partition coefficient (Wildman–Crippen LogP) is 5.74. The number of aromatic nitrogens is 2. The standard InChI is InChI=1S/C40H54N4O9S4Si/c1-39(2,3)53-38(48)42-21-23-55-56-24-22-49-37(47)41-20-14-15-29-26-44(36(46)43-35(29)45)34-25-32(50-28-57-54-7)33(52-34)27-51-58(40(4,5)6,30-16-10-8-11-17-30)31-18-12-9-13-19-31/h8-13,16-19,26,32-34H,20-25,27-28H2,1-7H3,(H,41,47)(H,42,48)(H,43,45,46)/t32-,33+,34+/m0/s1. The van der Waals surface area contributed by atoms with Gasteiger partial charge in [-0.2, -0.15) is 0 Å². The first-order valence-corrected chi connectivity index (χ1v) is 25.9. The van der Waals surface area contributed by atoms with Crippen LogP contribution in [0, 0.1) is 11.8 Å². The molecular weight excluding hydrogens is 837 g/mol. The zero-order valence-electron chi connectivity index (χ0n) is 34.0. The fraction of sp³-hybridized carbons (Fsp3) is 0.500. The van der Waals surface area contributed by atoms with Crippen LogP contribution in [-0.4, -0.2) is 97.9 Å². The number of carbonyl (C=O) groups is 2. The molecule has 1 fully saturated rings. The molecule has 2 heterocycles. The summed E-state index contributed by atoms with van der Waals surface area (Å²) >= 11 is 0. The van der Waals surface area contributed by atoms with Crippen molar-refractivity contribution in [1.29, 1.82) is 0 Å². The number of nitrogens with zero attached hydrogens (tertiary/aromatic N) is 1. The second kappa shape index (κ2) is 22.9. The van der Waals surface area contributed by atoms with Crippen molar-refractivity contribution in [3.05, 3.63) is 93.3 Å². The van der Waals surface area contributed by atoms with E-state index in [4.69, 9.17) is 23.4 Å². The maximum atomic E-state index is 13.2. The van der Waals surface area contributed by atoms with Crippen molar-refractivity contribution in [2.24, 2.45) is 0 Å². The summed E-state index contributed by atoms with van der Waals surface area (Å²) in [5.74, 6) is 7.13. The van der Waals surface area contributed by atoms with Crippen LogP contribution in [0.1, 0.15) is 59.8 Å². The van der Waals surface area contributed by atoms with Crippen molar-refractivity contribution in [3.8, 4) is 11.8 Å². The van der Waals surface area contributed by atoms with Gasteiger partial charge in [-0.3, -0.25) is 14.3 Å². The zero-order valence-corrected chi connectivity index (χ0v) is 38.3. The fourth-order valence-electron chi connectivity index (χ4n) is 6.22. The van der Waals surface area contributed by atoms with Gasteiger partial charge in [0.2, 0.25) is 0 Å². The van der Waals surface area contributed by atoms with Crippen molar-refractivity contribution in [3.63, 3.8) is 0 Å². The molecule has 2 aromatic carbocycles. The van der Waals surface area contributed by atoms with Gasteiger partial charge in [0.1, 0.15) is 36.0 Å². The Morgan fingerprint density at radius 3 is 2.21 bits per heavy atom. The third-order valence-electron chi connectivity index (χ3n) is 8.67. The van der Waals surface area contributed by atoms with Gasteiger partial charge in [-0.05, 0) is 42.4 Å². The van der Waals surface area contributed by atoms with E-state index in [2.05, 4.69) is 72.5 Å². The highest BCUT2D eigenvalue weighted by Crippen LogP contribution is 2.38. The number of hydrogen-bond acceptors (Lipinski definition) is 13. The molecule has 2 amide bonds. The Balaban J connectivity index is 1.37. The average molecular weight is 891 g/mol. The molecule has 0 saturated carbocycles. The molecule has 1 aliphatic rings. The lowest BCUT2D eigenvalue weighted by molar-refractivity contribution is -0.0522. The highest BCUT2D eigenvalue weighted by molar-refractivity contribution is 8.76. The van der Waals surface area contributed by atoms with E-state index in [1.54, 1.807) is 42.4 Å². The second-order valence-electron chi connectivity index (χ2n) is 15.0. The number of carbonyl (C=O) groups excluding carboxylic acids is 2. The maximum Gasteiger partial charge on any atom is 0.407 e. The van der Waals surface area contributed by atoms with Crippen molar-refractivity contribution >= 4 is 74.1 Å². The smallest absolute Gasteiger partial charge is 0.407 e. The van der Waals surface area contributed by atoms with Crippen LogP contribution in [0.2, 0.25) is 5.04 Å². The molecule has 13 nitrogen and oxygen atoms in total. The molecule has 316 valence electrons. The summed E-state index contributed by atoms with van der Waals surface area (Å²) < 4.78 is 31.8. The summed E-state index contributed by atoms with van der Waals surface area (Å²) in [5, 5.41) is 7.25. The topological polar surface area (TPSA) is 159 Å². The van der Waals surface area contributed by atoms with Crippen LogP contribution >= 0.6 is 43.2 Å². The fourth-order valence-corrected chi connectivity index (χ4v) is 13.3. The average Bonchev–Trinajstić information content (AvgIpc) is 3.57. The Kier molecular flexibility index (Phi) is 18.7. The van der Waals surface area contributed by atoms with E-state index in [0.717, 1.165) is 10.4 Å². The van der Waals surface area contributed by atoms with E-state index < -0.39 is 55.8 Å². The number of nitrogens with one attached hydrogen (secondary N) is 3. The Morgan fingerprint density at radius 2 is 1.59 bits per heavy atom. The van der Waals surface area contributed by atoms with Crippen molar-refractivity contribution < 1.29 is 33.0 Å². The first kappa shape index (κ1) is 47.4. The molecule has 0 radical (unpaired) electrons. The van der Waals surface area contributed by atoms with Crippen LogP contribution < -0.4 is 32.3 Å². The lowest BCUT2D eigenvalue weighted by Gasteiger charge is -2.43. The number of benzene rings is 2. The van der Waals surface area contributed by atoms with Crippen LogP contribution in [0.5, 0.6) is 0 Å². The van der Waals surface area contributed by atoms with Gasteiger partial charge in [-0.1, -0.05) is 136 Å². The van der Waals surface area contributed by atoms with Gasteiger partial charge < -0.3 is 34.0 Å². The van der Waals surface area contributed by atoms with E-state index >= 15 is 0 Å². The van der Waals surface area contributed by atoms with Crippen LogP contribution in [0.25, 0.3) is 0 Å². The summed E-state index contributed by atoms with van der Waals surface area (Å²) in [7, 11) is 3.30. The number of ether oxygens (including phenoxy) is 4. The minimum atomic E-state index is -2.90. The molecule has 3 aromatic rings. The highest BCUT2D eigenvalue weighted by Gasteiger charge is 2.51. The summed E-state index contributed by atoms with van der Waals surface area (Å²) in [6.07, 6.45) is 0.919. The van der Waals surface area contributed by atoms with Crippen LogP contribution in [-0.2, 0) is 23.4 Å². The molecule has 0 aliphatic carbocycles. The number of alkyl carbamates (subject to hydrolysis) is 2. The molecule has 0 bridgehead atoms. The normalized spacial score (nSPS) is 16.9. The van der Waals surface area contributed by atoms with E-state index in [9.17, 15) is 19.2 Å². The molecule has 1 aliphatic heterocycles. The van der Waals surface area contributed by atoms with E-state index in [1.165, 1.54) is 32.4 Å². The van der Waals surface area contributed by atoms with Gasteiger partial charge in [0, 0.05) is 30.7 Å². The number of aromatic amines is 1. The summed E-state index contributed by atoms with van der Waals surface area (Å²) in [6, 6.07) is 20.7. The van der Waals surface area contributed by atoms with E-state index in [1.807, 2.05) is 42.7 Å². The zero-order chi connectivity index (χ0) is 42.2. The summed E-state index contributed by atoms with van der Waals surface area (Å²) in [6.45, 7) is 12.8. The van der Waals surface area contributed by atoms with Gasteiger partial charge in [-0.15, -0.1) is 0 Å². The summed E-state index contributed by atoms with van der Waals surface area (Å²) in [4.78, 5) is 52.2. The third kappa shape index (κ3) is 14.2. The predicted molar refractivity (Wildman–Crippen MR) is 240 cm³/mol. The second-order valence-corrected chi connectivity index (χ2v) is 24.5. The van der Waals surface area contributed by atoms with Crippen molar-refractivity contribution in [1.82, 2.24) is 20.2 Å². The third-order valence-corrected chi connectivity index (χ3v) is 17.5. The molecule has 1 saturated heterocycles. The van der Waals surface area contributed by atoms with E-state index in [-0.39, 0.29) is 30.4 Å². The Morgan fingerprint density at radius 1 is 0.931 bits per heavy atom. The molecule has 0 unspecified atom stereocenters. The minimum absolute atomic E-state index is 0.0374. The molecule has 4 rings (SSSR count). The molecule has 58 heavy (non-hydrogen) atoms. The Bertz CT molecular complexity index is 1910. The minimum Gasteiger partial charge on any atom is -0.449 e. The largest absolute Gasteiger partial charge is 0.449 e. The van der Waals surface area contributed by atoms with Crippen LogP contribution in [0.4, 0.5) is 9.59 Å². The number of hydrogen-bond donors (Lipinski definition) is 3. The quantitative estimate of drug-likeness (QED) is 0.0468. The molecule has 18 heteroatoms. The molecular formula is C40H54N4O9S4Si. The lowest BCUT2D eigenvalue weighted by atomic mass is 10.2. The molecule has 3 N–H and O–H groups in total. The number of H-pyrrole nitrogens is 1. The van der Waals surface area contributed by atoms with Crippen molar-refractivity contribution in [2.45, 2.75) is 77.0 Å². The summed E-state index contributed by atoms with van der Waals surface area (Å²) in [5.41, 5.74) is -1.80. The maximum absolute atomic E-state index is 13.2. The van der Waals surface area contributed by atoms with Gasteiger partial charge in [0.15, 0.2) is 0 Å². The Labute approximate surface area is 357 Å². The number of rotatable bonds is 18. The van der Waals surface area contributed by atoms with Gasteiger partial charge in [-0.25, -0.2) is 14.4 Å². The highest BCUT2D eigenvalue weighted by atomic mass is 33.1.